The van der Waals surface area contributed by atoms with E-state index in [1.54, 1.807) is 0 Å². The number of hydrogen-bond donors (Lipinski definition) is 0. The Morgan fingerprint density at radius 2 is 2.20 bits per heavy atom. The second-order valence-electron chi connectivity index (χ2n) is 4.46. The van der Waals surface area contributed by atoms with Crippen LogP contribution in [-0.2, 0) is 4.74 Å². The fourth-order valence-corrected chi connectivity index (χ4v) is 1.60. The van der Waals surface area contributed by atoms with Gasteiger partial charge in [-0.3, -0.25) is 0 Å². The summed E-state index contributed by atoms with van der Waals surface area (Å²) in [4.78, 5) is 0. The first kappa shape index (κ1) is 10.5. The third kappa shape index (κ3) is 2.72. The molecule has 0 saturated carbocycles. The van der Waals surface area contributed by atoms with Crippen molar-refractivity contribution in [2.24, 2.45) is 0 Å². The predicted octanol–water partition coefficient (Wildman–Crippen LogP) is 2.90. The SMILES string of the molecule is Cc1ccc(OCC2CO2)c(C(C)C)c1. The van der Waals surface area contributed by atoms with Crippen LogP contribution >= 0.6 is 0 Å². The Kier molecular flexibility index (Phi) is 2.96. The number of aryl methyl sites for hydroxylation is 1. The highest BCUT2D eigenvalue weighted by molar-refractivity contribution is 5.38. The van der Waals surface area contributed by atoms with E-state index in [1.165, 1.54) is 11.1 Å². The summed E-state index contributed by atoms with van der Waals surface area (Å²) in [6, 6.07) is 6.36. The minimum absolute atomic E-state index is 0.325. The van der Waals surface area contributed by atoms with Gasteiger partial charge >= 0.3 is 0 Å². The molecular formula is C13H18O2. The zero-order valence-electron chi connectivity index (χ0n) is 9.62. The van der Waals surface area contributed by atoms with Crippen LogP contribution in [0.15, 0.2) is 18.2 Å². The molecule has 0 N–H and O–H groups in total. The summed E-state index contributed by atoms with van der Waals surface area (Å²) >= 11 is 0. The minimum atomic E-state index is 0.325. The Balaban J connectivity index is 2.12. The monoisotopic (exact) mass is 206 g/mol. The fraction of sp³-hybridized carbons (Fsp3) is 0.538. The van der Waals surface area contributed by atoms with E-state index < -0.39 is 0 Å². The highest BCUT2D eigenvalue weighted by Crippen LogP contribution is 2.28. The van der Waals surface area contributed by atoms with Crippen molar-refractivity contribution in [3.63, 3.8) is 0 Å². The molecule has 15 heavy (non-hydrogen) atoms. The van der Waals surface area contributed by atoms with Gasteiger partial charge in [0.1, 0.15) is 18.5 Å². The number of epoxide rings is 1. The van der Waals surface area contributed by atoms with E-state index in [4.69, 9.17) is 9.47 Å². The normalized spacial score (nSPS) is 19.3. The number of hydrogen-bond acceptors (Lipinski definition) is 2. The lowest BCUT2D eigenvalue weighted by Crippen LogP contribution is -2.06. The molecule has 0 aliphatic carbocycles. The van der Waals surface area contributed by atoms with Gasteiger partial charge in [-0.05, 0) is 24.5 Å². The molecule has 1 aromatic rings. The van der Waals surface area contributed by atoms with Gasteiger partial charge in [-0.25, -0.2) is 0 Å². The number of ether oxygens (including phenoxy) is 2. The second-order valence-corrected chi connectivity index (χ2v) is 4.46. The largest absolute Gasteiger partial charge is 0.490 e. The molecule has 1 heterocycles. The third-order valence-corrected chi connectivity index (χ3v) is 2.61. The molecule has 0 spiro atoms. The van der Waals surface area contributed by atoms with Gasteiger partial charge in [-0.2, -0.15) is 0 Å². The number of benzene rings is 1. The van der Waals surface area contributed by atoms with E-state index in [1.807, 2.05) is 0 Å². The molecule has 1 aliphatic rings. The van der Waals surface area contributed by atoms with E-state index in [0.717, 1.165) is 12.4 Å². The van der Waals surface area contributed by atoms with Crippen LogP contribution in [0.1, 0.15) is 30.9 Å². The molecule has 0 aromatic heterocycles. The summed E-state index contributed by atoms with van der Waals surface area (Å²) in [5, 5.41) is 0. The van der Waals surface area contributed by atoms with Gasteiger partial charge < -0.3 is 9.47 Å². The van der Waals surface area contributed by atoms with Crippen LogP contribution in [0.3, 0.4) is 0 Å². The summed E-state index contributed by atoms with van der Waals surface area (Å²) in [5.41, 5.74) is 2.57. The summed E-state index contributed by atoms with van der Waals surface area (Å²) in [5.74, 6) is 1.51. The Labute approximate surface area is 91.2 Å². The molecule has 1 fully saturated rings. The summed E-state index contributed by atoms with van der Waals surface area (Å²) < 4.78 is 10.9. The van der Waals surface area contributed by atoms with Crippen LogP contribution in [0.25, 0.3) is 0 Å². The zero-order chi connectivity index (χ0) is 10.8. The van der Waals surface area contributed by atoms with Gasteiger partial charge in [0.2, 0.25) is 0 Å². The van der Waals surface area contributed by atoms with Crippen LogP contribution in [0.4, 0.5) is 0 Å². The molecule has 1 saturated heterocycles. The molecular weight excluding hydrogens is 188 g/mol. The molecule has 0 radical (unpaired) electrons. The molecule has 2 heteroatoms. The van der Waals surface area contributed by atoms with Crippen LogP contribution in [-0.4, -0.2) is 19.3 Å². The van der Waals surface area contributed by atoms with Gasteiger partial charge in [0, 0.05) is 0 Å². The molecule has 1 aromatic carbocycles. The predicted molar refractivity (Wildman–Crippen MR) is 60.5 cm³/mol. The Hall–Kier alpha value is -1.02. The van der Waals surface area contributed by atoms with Crippen molar-refractivity contribution >= 4 is 0 Å². The summed E-state index contributed by atoms with van der Waals surface area (Å²) in [6.45, 7) is 8.02. The molecule has 0 bridgehead atoms. The lowest BCUT2D eigenvalue weighted by atomic mass is 10.00. The smallest absolute Gasteiger partial charge is 0.122 e. The third-order valence-electron chi connectivity index (χ3n) is 2.61. The number of rotatable bonds is 4. The van der Waals surface area contributed by atoms with E-state index in [9.17, 15) is 0 Å². The van der Waals surface area contributed by atoms with Gasteiger partial charge in [0.05, 0.1) is 6.61 Å². The van der Waals surface area contributed by atoms with Gasteiger partial charge in [0.25, 0.3) is 0 Å². The van der Waals surface area contributed by atoms with Crippen LogP contribution < -0.4 is 4.74 Å². The standard InChI is InChI=1S/C13H18O2/c1-9(2)12-6-10(3)4-5-13(12)15-8-11-7-14-11/h4-6,9,11H,7-8H2,1-3H3. The Morgan fingerprint density at radius 1 is 1.47 bits per heavy atom. The molecule has 1 aliphatic heterocycles. The maximum atomic E-state index is 5.75. The zero-order valence-corrected chi connectivity index (χ0v) is 9.62. The molecule has 2 rings (SSSR count). The van der Waals surface area contributed by atoms with Gasteiger partial charge in [0.15, 0.2) is 0 Å². The first-order valence-corrected chi connectivity index (χ1v) is 5.52. The lowest BCUT2D eigenvalue weighted by Gasteiger charge is -2.14. The van der Waals surface area contributed by atoms with Crippen molar-refractivity contribution in [2.45, 2.75) is 32.8 Å². The van der Waals surface area contributed by atoms with Crippen LogP contribution in [0, 0.1) is 6.92 Å². The van der Waals surface area contributed by atoms with Gasteiger partial charge in [-0.1, -0.05) is 31.5 Å². The Morgan fingerprint density at radius 3 is 2.80 bits per heavy atom. The van der Waals surface area contributed by atoms with E-state index in [0.29, 0.717) is 18.6 Å². The van der Waals surface area contributed by atoms with Crippen molar-refractivity contribution in [3.8, 4) is 5.75 Å². The highest BCUT2D eigenvalue weighted by Gasteiger charge is 2.23. The maximum Gasteiger partial charge on any atom is 0.122 e. The van der Waals surface area contributed by atoms with E-state index in [-0.39, 0.29) is 0 Å². The first-order valence-electron chi connectivity index (χ1n) is 5.52. The minimum Gasteiger partial charge on any atom is -0.490 e. The quantitative estimate of drug-likeness (QED) is 0.706. The highest BCUT2D eigenvalue weighted by atomic mass is 16.6. The average molecular weight is 206 g/mol. The maximum absolute atomic E-state index is 5.75. The summed E-state index contributed by atoms with van der Waals surface area (Å²) in [7, 11) is 0. The van der Waals surface area contributed by atoms with Crippen molar-refractivity contribution in [1.82, 2.24) is 0 Å². The van der Waals surface area contributed by atoms with Crippen molar-refractivity contribution < 1.29 is 9.47 Å². The molecule has 1 atom stereocenters. The average Bonchev–Trinajstić information content (AvgIpc) is 2.99. The topological polar surface area (TPSA) is 21.8 Å². The lowest BCUT2D eigenvalue weighted by molar-refractivity contribution is 0.260. The van der Waals surface area contributed by atoms with Crippen molar-refractivity contribution in [2.75, 3.05) is 13.2 Å². The molecule has 82 valence electrons. The molecule has 2 nitrogen and oxygen atoms in total. The molecule has 1 unspecified atom stereocenters. The Bertz CT molecular complexity index is 340. The van der Waals surface area contributed by atoms with E-state index >= 15 is 0 Å². The first-order chi connectivity index (χ1) is 7.16. The van der Waals surface area contributed by atoms with Crippen LogP contribution in [0.5, 0.6) is 5.75 Å². The second kappa shape index (κ2) is 4.23. The van der Waals surface area contributed by atoms with Crippen LogP contribution in [0.2, 0.25) is 0 Å². The molecule has 0 amide bonds. The summed E-state index contributed by atoms with van der Waals surface area (Å²) in [6.07, 6.45) is 0.325. The van der Waals surface area contributed by atoms with Gasteiger partial charge in [-0.15, -0.1) is 0 Å². The van der Waals surface area contributed by atoms with E-state index in [2.05, 4.69) is 39.0 Å². The fourth-order valence-electron chi connectivity index (χ4n) is 1.60. The van der Waals surface area contributed by atoms with Crippen molar-refractivity contribution in [1.29, 1.82) is 0 Å². The van der Waals surface area contributed by atoms with Crippen molar-refractivity contribution in [3.05, 3.63) is 29.3 Å².